The number of amides is 1. The Labute approximate surface area is 114 Å². The lowest BCUT2D eigenvalue weighted by molar-refractivity contribution is -0.128. The van der Waals surface area contributed by atoms with Crippen LogP contribution in [0.15, 0.2) is 18.2 Å². The summed E-state index contributed by atoms with van der Waals surface area (Å²) in [4.78, 5) is 11.9. The second-order valence-corrected chi connectivity index (χ2v) is 5.26. The predicted molar refractivity (Wildman–Crippen MR) is 75.1 cm³/mol. The molecule has 0 saturated carbocycles. The molecule has 1 saturated heterocycles. The lowest BCUT2D eigenvalue weighted by atomic mass is 10.2. The van der Waals surface area contributed by atoms with Gasteiger partial charge in [0.1, 0.15) is 6.10 Å². The lowest BCUT2D eigenvalue weighted by Crippen LogP contribution is -2.45. The molecule has 0 aromatic heterocycles. The van der Waals surface area contributed by atoms with Gasteiger partial charge in [-0.2, -0.15) is 0 Å². The van der Waals surface area contributed by atoms with E-state index in [0.29, 0.717) is 13.2 Å². The van der Waals surface area contributed by atoms with Gasteiger partial charge in [-0.25, -0.2) is 0 Å². The molecular formula is C12H15IN2O2. The summed E-state index contributed by atoms with van der Waals surface area (Å²) < 4.78 is 6.56. The van der Waals surface area contributed by atoms with Gasteiger partial charge in [-0.05, 0) is 53.3 Å². The Balaban J connectivity index is 2.02. The fourth-order valence-electron chi connectivity index (χ4n) is 1.71. The first-order valence-corrected chi connectivity index (χ1v) is 6.64. The van der Waals surface area contributed by atoms with Gasteiger partial charge in [0.2, 0.25) is 0 Å². The highest BCUT2D eigenvalue weighted by atomic mass is 127. The van der Waals surface area contributed by atoms with E-state index in [2.05, 4.69) is 33.2 Å². The molecule has 2 N–H and O–H groups in total. The minimum absolute atomic E-state index is 0.0819. The van der Waals surface area contributed by atoms with Gasteiger partial charge in [0.15, 0.2) is 0 Å². The third-order valence-electron chi connectivity index (χ3n) is 2.67. The van der Waals surface area contributed by atoms with E-state index in [4.69, 9.17) is 4.74 Å². The topological polar surface area (TPSA) is 50.4 Å². The van der Waals surface area contributed by atoms with Gasteiger partial charge in [0, 0.05) is 22.3 Å². The van der Waals surface area contributed by atoms with Crippen LogP contribution in [0.3, 0.4) is 0 Å². The van der Waals surface area contributed by atoms with Crippen LogP contribution in [0.2, 0.25) is 0 Å². The molecule has 1 aliphatic heterocycles. The zero-order valence-corrected chi connectivity index (χ0v) is 11.8. The number of benzene rings is 1. The Morgan fingerprint density at radius 3 is 3.06 bits per heavy atom. The van der Waals surface area contributed by atoms with E-state index in [1.807, 2.05) is 25.1 Å². The van der Waals surface area contributed by atoms with Crippen LogP contribution in [0, 0.1) is 10.5 Å². The SMILES string of the molecule is Cc1cc(I)ccc1NC(=O)C1CNCCO1. The zero-order chi connectivity index (χ0) is 12.3. The second kappa shape index (κ2) is 5.79. The average molecular weight is 346 g/mol. The third-order valence-corrected chi connectivity index (χ3v) is 3.34. The minimum atomic E-state index is -0.387. The van der Waals surface area contributed by atoms with Gasteiger partial charge in [-0.1, -0.05) is 0 Å². The molecule has 0 radical (unpaired) electrons. The van der Waals surface area contributed by atoms with Crippen molar-refractivity contribution in [2.24, 2.45) is 0 Å². The molecule has 0 spiro atoms. The summed E-state index contributed by atoms with van der Waals surface area (Å²) in [7, 11) is 0. The van der Waals surface area contributed by atoms with Gasteiger partial charge >= 0.3 is 0 Å². The number of aryl methyl sites for hydroxylation is 1. The smallest absolute Gasteiger partial charge is 0.254 e. The molecule has 1 unspecified atom stereocenters. The van der Waals surface area contributed by atoms with E-state index in [1.165, 1.54) is 0 Å². The molecule has 1 heterocycles. The lowest BCUT2D eigenvalue weighted by Gasteiger charge is -2.23. The fourth-order valence-corrected chi connectivity index (χ4v) is 2.36. The van der Waals surface area contributed by atoms with E-state index in [1.54, 1.807) is 0 Å². The molecule has 17 heavy (non-hydrogen) atoms. The molecule has 0 aliphatic carbocycles. The molecule has 0 bridgehead atoms. The first-order valence-electron chi connectivity index (χ1n) is 5.56. The maximum atomic E-state index is 11.9. The predicted octanol–water partition coefficient (Wildman–Crippen LogP) is 1.53. The number of carbonyl (C=O) groups excluding carboxylic acids is 1. The molecule has 2 rings (SSSR count). The number of morpholine rings is 1. The summed E-state index contributed by atoms with van der Waals surface area (Å²) in [5.74, 6) is -0.0819. The van der Waals surface area contributed by atoms with E-state index in [9.17, 15) is 4.79 Å². The number of ether oxygens (including phenoxy) is 1. The Bertz CT molecular complexity index is 417. The van der Waals surface area contributed by atoms with Crippen LogP contribution in [0.5, 0.6) is 0 Å². The Hall–Kier alpha value is -0.660. The number of rotatable bonds is 2. The largest absolute Gasteiger partial charge is 0.366 e. The Morgan fingerprint density at radius 1 is 1.59 bits per heavy atom. The van der Waals surface area contributed by atoms with Crippen molar-refractivity contribution >= 4 is 34.2 Å². The highest BCUT2D eigenvalue weighted by Gasteiger charge is 2.21. The number of carbonyl (C=O) groups is 1. The van der Waals surface area contributed by atoms with E-state index < -0.39 is 0 Å². The van der Waals surface area contributed by atoms with Crippen molar-refractivity contribution in [1.29, 1.82) is 0 Å². The van der Waals surface area contributed by atoms with E-state index >= 15 is 0 Å². The van der Waals surface area contributed by atoms with Crippen molar-refractivity contribution in [1.82, 2.24) is 5.32 Å². The van der Waals surface area contributed by atoms with Crippen LogP contribution < -0.4 is 10.6 Å². The van der Waals surface area contributed by atoms with Crippen LogP contribution in [-0.2, 0) is 9.53 Å². The maximum absolute atomic E-state index is 11.9. The molecular weight excluding hydrogens is 331 g/mol. The standard InChI is InChI=1S/C12H15IN2O2/c1-8-6-9(13)2-3-10(8)15-12(16)11-7-14-4-5-17-11/h2-3,6,11,14H,4-5,7H2,1H3,(H,15,16). The summed E-state index contributed by atoms with van der Waals surface area (Å²) in [6, 6.07) is 5.94. The second-order valence-electron chi connectivity index (χ2n) is 4.01. The molecule has 1 fully saturated rings. The number of hydrogen-bond donors (Lipinski definition) is 2. The minimum Gasteiger partial charge on any atom is -0.366 e. The zero-order valence-electron chi connectivity index (χ0n) is 9.63. The molecule has 4 nitrogen and oxygen atoms in total. The van der Waals surface area contributed by atoms with Gasteiger partial charge in [0.05, 0.1) is 6.61 Å². The molecule has 92 valence electrons. The van der Waals surface area contributed by atoms with Crippen molar-refractivity contribution in [3.63, 3.8) is 0 Å². The highest BCUT2D eigenvalue weighted by molar-refractivity contribution is 14.1. The molecule has 1 amide bonds. The van der Waals surface area contributed by atoms with Crippen LogP contribution >= 0.6 is 22.6 Å². The van der Waals surface area contributed by atoms with Crippen LogP contribution in [-0.4, -0.2) is 31.7 Å². The van der Waals surface area contributed by atoms with E-state index in [0.717, 1.165) is 21.4 Å². The third kappa shape index (κ3) is 3.40. The monoisotopic (exact) mass is 346 g/mol. The van der Waals surface area contributed by atoms with Crippen molar-refractivity contribution < 1.29 is 9.53 Å². The Morgan fingerprint density at radius 2 is 2.41 bits per heavy atom. The normalized spacial score (nSPS) is 20.0. The van der Waals surface area contributed by atoms with Gasteiger partial charge in [-0.15, -0.1) is 0 Å². The molecule has 1 aromatic carbocycles. The summed E-state index contributed by atoms with van der Waals surface area (Å²) in [5, 5.41) is 6.04. The summed E-state index contributed by atoms with van der Waals surface area (Å²) in [6.45, 7) is 3.96. The van der Waals surface area contributed by atoms with Crippen molar-refractivity contribution in [3.8, 4) is 0 Å². The summed E-state index contributed by atoms with van der Waals surface area (Å²) in [6.07, 6.45) is -0.387. The maximum Gasteiger partial charge on any atom is 0.254 e. The van der Waals surface area contributed by atoms with Crippen LogP contribution in [0.25, 0.3) is 0 Å². The van der Waals surface area contributed by atoms with Crippen molar-refractivity contribution in [3.05, 3.63) is 27.3 Å². The average Bonchev–Trinajstić information content (AvgIpc) is 2.34. The highest BCUT2D eigenvalue weighted by Crippen LogP contribution is 2.18. The summed E-state index contributed by atoms with van der Waals surface area (Å²) in [5.41, 5.74) is 1.92. The van der Waals surface area contributed by atoms with Gasteiger partial charge < -0.3 is 15.4 Å². The first-order chi connectivity index (χ1) is 8.16. The number of nitrogens with one attached hydrogen (secondary N) is 2. The number of hydrogen-bond acceptors (Lipinski definition) is 3. The molecule has 1 atom stereocenters. The number of halogens is 1. The first kappa shape index (κ1) is 12.8. The van der Waals surface area contributed by atoms with Crippen LogP contribution in [0.4, 0.5) is 5.69 Å². The molecule has 5 heteroatoms. The van der Waals surface area contributed by atoms with Crippen molar-refractivity contribution in [2.45, 2.75) is 13.0 Å². The molecule has 1 aliphatic rings. The van der Waals surface area contributed by atoms with Gasteiger partial charge in [0.25, 0.3) is 5.91 Å². The van der Waals surface area contributed by atoms with E-state index in [-0.39, 0.29) is 12.0 Å². The quantitative estimate of drug-likeness (QED) is 0.799. The van der Waals surface area contributed by atoms with Crippen LogP contribution in [0.1, 0.15) is 5.56 Å². The molecule has 1 aromatic rings. The number of anilines is 1. The summed E-state index contributed by atoms with van der Waals surface area (Å²) >= 11 is 2.25. The van der Waals surface area contributed by atoms with Crippen molar-refractivity contribution in [2.75, 3.05) is 25.0 Å². The fraction of sp³-hybridized carbons (Fsp3) is 0.417. The Kier molecular flexibility index (Phi) is 4.36. The van der Waals surface area contributed by atoms with Gasteiger partial charge in [-0.3, -0.25) is 4.79 Å².